The fourth-order valence-electron chi connectivity index (χ4n) is 1.78. The van der Waals surface area contributed by atoms with Gasteiger partial charge in [-0.15, -0.1) is 0 Å². The molecule has 1 aromatic heterocycles. The van der Waals surface area contributed by atoms with Gasteiger partial charge in [-0.25, -0.2) is 14.6 Å². The Morgan fingerprint density at radius 3 is 2.69 bits per heavy atom. The lowest BCUT2D eigenvalue weighted by atomic mass is 10.0. The third-order valence-electron chi connectivity index (χ3n) is 2.43. The van der Waals surface area contributed by atoms with Crippen molar-refractivity contribution in [3.63, 3.8) is 0 Å². The van der Waals surface area contributed by atoms with E-state index in [1.807, 2.05) is 0 Å². The van der Waals surface area contributed by atoms with Crippen LogP contribution in [0.15, 0.2) is 24.3 Å². The van der Waals surface area contributed by atoms with Crippen LogP contribution in [0.3, 0.4) is 0 Å². The number of carbonyl (C=O) groups is 2. The summed E-state index contributed by atoms with van der Waals surface area (Å²) >= 11 is 5.78. The molecule has 0 spiro atoms. The molecule has 0 radical (unpaired) electrons. The van der Waals surface area contributed by atoms with E-state index in [2.05, 4.69) is 9.72 Å². The zero-order valence-corrected chi connectivity index (χ0v) is 8.62. The molecule has 16 heavy (non-hydrogen) atoms. The van der Waals surface area contributed by atoms with E-state index in [0.717, 1.165) is 0 Å². The molecule has 0 atom stereocenters. The first-order valence-corrected chi connectivity index (χ1v) is 4.90. The molecule has 0 fully saturated rings. The predicted octanol–water partition coefficient (Wildman–Crippen LogP) is 2.20. The fourth-order valence-corrected chi connectivity index (χ4v) is 1.98. The molecule has 0 aliphatic carbocycles. The molecule has 3 rings (SSSR count). The molecular weight excluding hydrogens is 230 g/mol. The quantitative estimate of drug-likeness (QED) is 0.398. The van der Waals surface area contributed by atoms with Crippen molar-refractivity contribution in [3.05, 3.63) is 40.5 Å². The summed E-state index contributed by atoms with van der Waals surface area (Å²) in [5.74, 6) is -1.33. The van der Waals surface area contributed by atoms with Crippen molar-refractivity contribution in [2.24, 2.45) is 0 Å². The van der Waals surface area contributed by atoms with Crippen molar-refractivity contribution in [3.8, 4) is 0 Å². The van der Waals surface area contributed by atoms with Crippen LogP contribution in [0, 0.1) is 0 Å². The number of benzene rings is 1. The van der Waals surface area contributed by atoms with Crippen LogP contribution in [0.25, 0.3) is 10.9 Å². The summed E-state index contributed by atoms with van der Waals surface area (Å²) in [5, 5.41) is 0.707. The Bertz CT molecular complexity index is 651. The topological polar surface area (TPSA) is 56.3 Å². The van der Waals surface area contributed by atoms with Crippen LogP contribution in [-0.2, 0) is 4.74 Å². The van der Waals surface area contributed by atoms with Gasteiger partial charge in [0.15, 0.2) is 0 Å². The largest absolute Gasteiger partial charge is 0.386 e. The summed E-state index contributed by atoms with van der Waals surface area (Å²) in [7, 11) is 0. The lowest BCUT2D eigenvalue weighted by Crippen LogP contribution is -2.19. The second-order valence-electron chi connectivity index (χ2n) is 3.37. The Morgan fingerprint density at radius 2 is 1.88 bits per heavy atom. The minimum Gasteiger partial charge on any atom is -0.386 e. The molecule has 2 heterocycles. The van der Waals surface area contributed by atoms with Gasteiger partial charge in [-0.1, -0.05) is 17.7 Å². The Morgan fingerprint density at radius 1 is 1.12 bits per heavy atom. The molecule has 0 saturated heterocycles. The number of carbonyl (C=O) groups excluding carboxylic acids is 2. The van der Waals surface area contributed by atoms with Crippen LogP contribution in [0.4, 0.5) is 0 Å². The molecular formula is C11H4ClNO3. The highest BCUT2D eigenvalue weighted by atomic mass is 35.5. The van der Waals surface area contributed by atoms with Crippen molar-refractivity contribution >= 4 is 34.4 Å². The van der Waals surface area contributed by atoms with Gasteiger partial charge < -0.3 is 4.74 Å². The molecule has 0 N–H and O–H groups in total. The number of hydrogen-bond donors (Lipinski definition) is 0. The van der Waals surface area contributed by atoms with E-state index in [1.54, 1.807) is 18.2 Å². The van der Waals surface area contributed by atoms with Crippen molar-refractivity contribution < 1.29 is 14.3 Å². The molecule has 1 aromatic carbocycles. The predicted molar refractivity (Wildman–Crippen MR) is 56.5 cm³/mol. The Balaban J connectivity index is 2.55. The maximum atomic E-state index is 11.5. The molecule has 0 amide bonds. The Labute approximate surface area is 94.8 Å². The summed E-state index contributed by atoms with van der Waals surface area (Å²) < 4.78 is 4.59. The summed E-state index contributed by atoms with van der Waals surface area (Å²) in [5.41, 5.74) is 1.14. The minimum absolute atomic E-state index is 0.200. The third kappa shape index (κ3) is 1.13. The van der Waals surface area contributed by atoms with Crippen LogP contribution >= 0.6 is 11.6 Å². The van der Waals surface area contributed by atoms with Gasteiger partial charge in [-0.3, -0.25) is 0 Å². The first-order chi connectivity index (χ1) is 7.66. The van der Waals surface area contributed by atoms with Crippen LogP contribution in [0.2, 0.25) is 5.15 Å². The van der Waals surface area contributed by atoms with Gasteiger partial charge >= 0.3 is 11.9 Å². The summed E-state index contributed by atoms with van der Waals surface area (Å²) in [6.45, 7) is 0. The fraction of sp³-hybridized carbons (Fsp3) is 0. The highest BCUT2D eigenvalue weighted by molar-refractivity contribution is 6.31. The highest BCUT2D eigenvalue weighted by Crippen LogP contribution is 2.29. The summed E-state index contributed by atoms with van der Waals surface area (Å²) in [6, 6.07) is 6.36. The maximum absolute atomic E-state index is 11.5. The molecule has 1 aliphatic heterocycles. The number of hydrogen-bond acceptors (Lipinski definition) is 4. The summed E-state index contributed by atoms with van der Waals surface area (Å²) in [6.07, 6.45) is 0. The number of pyridine rings is 1. The molecule has 2 aromatic rings. The highest BCUT2D eigenvalue weighted by Gasteiger charge is 2.27. The van der Waals surface area contributed by atoms with Crippen LogP contribution < -0.4 is 0 Å². The van der Waals surface area contributed by atoms with Crippen LogP contribution in [-0.4, -0.2) is 16.9 Å². The summed E-state index contributed by atoms with van der Waals surface area (Å²) in [4.78, 5) is 27.0. The van der Waals surface area contributed by atoms with Gasteiger partial charge in [0.05, 0.1) is 16.6 Å². The number of aromatic nitrogens is 1. The minimum atomic E-state index is -0.682. The number of halogens is 1. The van der Waals surface area contributed by atoms with E-state index >= 15 is 0 Å². The van der Waals surface area contributed by atoms with E-state index in [4.69, 9.17) is 11.6 Å². The Kier molecular flexibility index (Phi) is 1.76. The molecule has 0 bridgehead atoms. The number of nitrogens with zero attached hydrogens (tertiary/aromatic N) is 1. The van der Waals surface area contributed by atoms with Gasteiger partial charge in [0.25, 0.3) is 0 Å². The number of esters is 2. The van der Waals surface area contributed by atoms with E-state index in [9.17, 15) is 9.59 Å². The SMILES string of the molecule is O=C1OC(=O)c2cc(Cl)nc3cccc1c23. The van der Waals surface area contributed by atoms with Crippen LogP contribution in [0.5, 0.6) is 0 Å². The zero-order valence-electron chi connectivity index (χ0n) is 7.86. The van der Waals surface area contributed by atoms with Gasteiger partial charge in [0.1, 0.15) is 5.15 Å². The van der Waals surface area contributed by atoms with E-state index in [1.165, 1.54) is 6.07 Å². The van der Waals surface area contributed by atoms with Crippen molar-refractivity contribution in [1.82, 2.24) is 4.98 Å². The molecule has 78 valence electrons. The average Bonchev–Trinajstić information content (AvgIpc) is 2.25. The van der Waals surface area contributed by atoms with Crippen molar-refractivity contribution in [2.45, 2.75) is 0 Å². The first kappa shape index (κ1) is 9.30. The van der Waals surface area contributed by atoms with Gasteiger partial charge in [0, 0.05) is 5.39 Å². The molecule has 0 unspecified atom stereocenters. The van der Waals surface area contributed by atoms with Gasteiger partial charge in [-0.05, 0) is 18.2 Å². The maximum Gasteiger partial charge on any atom is 0.346 e. The molecule has 1 aliphatic rings. The normalized spacial score (nSPS) is 14.1. The lowest BCUT2D eigenvalue weighted by molar-refractivity contribution is 0.0391. The average molecular weight is 234 g/mol. The molecule has 5 heteroatoms. The third-order valence-corrected chi connectivity index (χ3v) is 2.62. The second-order valence-corrected chi connectivity index (χ2v) is 3.76. The van der Waals surface area contributed by atoms with Gasteiger partial charge in [-0.2, -0.15) is 0 Å². The van der Waals surface area contributed by atoms with Crippen molar-refractivity contribution in [2.75, 3.05) is 0 Å². The molecule has 4 nitrogen and oxygen atoms in total. The van der Waals surface area contributed by atoms with Gasteiger partial charge in [0.2, 0.25) is 0 Å². The zero-order chi connectivity index (χ0) is 11.3. The van der Waals surface area contributed by atoms with E-state index in [0.29, 0.717) is 16.5 Å². The second kappa shape index (κ2) is 3.02. The Hall–Kier alpha value is -1.94. The first-order valence-electron chi connectivity index (χ1n) is 4.52. The molecule has 0 saturated carbocycles. The van der Waals surface area contributed by atoms with E-state index in [-0.39, 0.29) is 10.7 Å². The number of ether oxygens (including phenoxy) is 1. The standard InChI is InChI=1S/C11H4ClNO3/c12-8-4-6-9-5(10(14)16-11(6)15)2-1-3-7(9)13-8/h1-4H. The van der Waals surface area contributed by atoms with Crippen LogP contribution in [0.1, 0.15) is 20.7 Å². The lowest BCUT2D eigenvalue weighted by Gasteiger charge is -2.14. The van der Waals surface area contributed by atoms with E-state index < -0.39 is 11.9 Å². The smallest absolute Gasteiger partial charge is 0.346 e. The number of cyclic esters (lactones) is 2. The monoisotopic (exact) mass is 233 g/mol. The van der Waals surface area contributed by atoms with Crippen molar-refractivity contribution in [1.29, 1.82) is 0 Å². The number of rotatable bonds is 0.